The number of aliphatic hydroxyl groups excluding tert-OH is 1. The molecule has 2 fully saturated rings. The highest BCUT2D eigenvalue weighted by Crippen LogP contribution is 2.47. The van der Waals surface area contributed by atoms with Crippen molar-refractivity contribution in [1.82, 2.24) is 14.6 Å². The molecule has 1 aliphatic heterocycles. The van der Waals surface area contributed by atoms with Crippen molar-refractivity contribution < 1.29 is 38.1 Å². The molecule has 1 saturated heterocycles. The first-order valence-corrected chi connectivity index (χ1v) is 13.4. The van der Waals surface area contributed by atoms with Gasteiger partial charge in [-0.1, -0.05) is 24.1 Å². The third-order valence-corrected chi connectivity index (χ3v) is 7.88. The number of aliphatic hydroxyl groups is 2. The lowest BCUT2D eigenvalue weighted by Crippen LogP contribution is -2.48. The summed E-state index contributed by atoms with van der Waals surface area (Å²) in [6, 6.07) is 7.95. The molecule has 204 valence electrons. The highest BCUT2D eigenvalue weighted by Gasteiger charge is 2.56. The SMILES string of the molecule is C#C[C@@]1(O)[C@H](O)[C@@H](COP(=O)(N[C@@H](C)C(=O)OC2CCC2)Oc2ccccc2)O[C@H]1n1ccc(=O)[nH]c1=O. The van der Waals surface area contributed by atoms with Crippen molar-refractivity contribution in [2.24, 2.45) is 0 Å². The van der Waals surface area contributed by atoms with E-state index in [2.05, 4.69) is 5.09 Å². The Morgan fingerprint density at radius 2 is 2.05 bits per heavy atom. The third-order valence-electron chi connectivity index (χ3n) is 6.24. The Labute approximate surface area is 217 Å². The fraction of sp³-hybridized carbons (Fsp3) is 0.458. The molecule has 4 N–H and O–H groups in total. The van der Waals surface area contributed by atoms with Gasteiger partial charge in [-0.25, -0.2) is 9.36 Å². The molecule has 13 nitrogen and oxygen atoms in total. The molecule has 1 aliphatic carbocycles. The van der Waals surface area contributed by atoms with Gasteiger partial charge in [0, 0.05) is 12.3 Å². The van der Waals surface area contributed by atoms with Crippen LogP contribution in [0, 0.1) is 12.3 Å². The molecule has 1 aromatic carbocycles. The fourth-order valence-electron chi connectivity index (χ4n) is 3.88. The van der Waals surface area contributed by atoms with E-state index < -0.39 is 61.7 Å². The number of H-pyrrole nitrogens is 1. The lowest BCUT2D eigenvalue weighted by molar-refractivity contribution is -0.154. The summed E-state index contributed by atoms with van der Waals surface area (Å²) in [6.07, 6.45) is 3.96. The van der Waals surface area contributed by atoms with Crippen LogP contribution in [0.4, 0.5) is 0 Å². The summed E-state index contributed by atoms with van der Waals surface area (Å²) < 4.78 is 36.6. The van der Waals surface area contributed by atoms with Crippen molar-refractivity contribution in [1.29, 1.82) is 0 Å². The number of aromatic amines is 1. The minimum absolute atomic E-state index is 0.161. The molecule has 1 unspecified atom stereocenters. The van der Waals surface area contributed by atoms with Gasteiger partial charge in [0.05, 0.1) is 6.61 Å². The largest absolute Gasteiger partial charge is 0.461 e. The van der Waals surface area contributed by atoms with E-state index in [0.29, 0.717) is 0 Å². The van der Waals surface area contributed by atoms with Crippen LogP contribution in [-0.2, 0) is 23.4 Å². The first-order chi connectivity index (χ1) is 18.0. The van der Waals surface area contributed by atoms with Crippen molar-refractivity contribution in [3.05, 3.63) is 63.4 Å². The minimum atomic E-state index is -4.31. The molecule has 6 atom stereocenters. The molecule has 0 radical (unpaired) electrons. The summed E-state index contributed by atoms with van der Waals surface area (Å²) in [5, 5.41) is 24.2. The number of nitrogens with one attached hydrogen (secondary N) is 2. The van der Waals surface area contributed by atoms with Crippen LogP contribution in [-0.4, -0.2) is 62.3 Å². The first kappa shape index (κ1) is 27.8. The lowest BCUT2D eigenvalue weighted by atomic mass is 9.95. The number of terminal acetylenes is 1. The van der Waals surface area contributed by atoms with Crippen LogP contribution >= 0.6 is 7.75 Å². The number of carbonyl (C=O) groups excluding carboxylic acids is 1. The predicted molar refractivity (Wildman–Crippen MR) is 132 cm³/mol. The normalized spacial score (nSPS) is 27.5. The smallest absolute Gasteiger partial charge is 0.459 e. The van der Waals surface area contributed by atoms with E-state index in [9.17, 15) is 29.2 Å². The number of rotatable bonds is 10. The van der Waals surface area contributed by atoms with E-state index in [1.165, 1.54) is 19.1 Å². The maximum absolute atomic E-state index is 13.7. The van der Waals surface area contributed by atoms with E-state index in [0.717, 1.165) is 36.1 Å². The number of ether oxygens (including phenoxy) is 2. The van der Waals surface area contributed by atoms with Crippen molar-refractivity contribution >= 4 is 13.7 Å². The summed E-state index contributed by atoms with van der Waals surface area (Å²) in [6.45, 7) is 0.795. The number of para-hydroxylation sites is 1. The number of hydrogen-bond acceptors (Lipinski definition) is 10. The monoisotopic (exact) mass is 549 g/mol. The molecule has 14 heteroatoms. The lowest BCUT2D eigenvalue weighted by Gasteiger charge is -2.28. The van der Waals surface area contributed by atoms with Gasteiger partial charge in [-0.15, -0.1) is 6.42 Å². The Morgan fingerprint density at radius 1 is 1.34 bits per heavy atom. The molecule has 2 aliphatic rings. The number of hydrogen-bond donors (Lipinski definition) is 4. The minimum Gasteiger partial charge on any atom is -0.461 e. The number of esters is 1. The van der Waals surface area contributed by atoms with E-state index in [1.807, 2.05) is 10.9 Å². The van der Waals surface area contributed by atoms with Crippen molar-refractivity contribution in [3.8, 4) is 18.1 Å². The van der Waals surface area contributed by atoms with Crippen molar-refractivity contribution in [3.63, 3.8) is 0 Å². The highest BCUT2D eigenvalue weighted by molar-refractivity contribution is 7.52. The quantitative estimate of drug-likeness (QED) is 0.184. The zero-order chi connectivity index (χ0) is 27.5. The predicted octanol–water partition coefficient (Wildman–Crippen LogP) is 0.437. The highest BCUT2D eigenvalue weighted by atomic mass is 31.2. The van der Waals surface area contributed by atoms with Gasteiger partial charge in [-0.2, -0.15) is 5.09 Å². The molecule has 1 saturated carbocycles. The van der Waals surface area contributed by atoms with E-state index >= 15 is 0 Å². The van der Waals surface area contributed by atoms with Gasteiger partial charge in [-0.05, 0) is 38.3 Å². The average molecular weight is 549 g/mol. The topological polar surface area (TPSA) is 178 Å². The van der Waals surface area contributed by atoms with Crippen LogP contribution in [0.25, 0.3) is 0 Å². The van der Waals surface area contributed by atoms with E-state index in [1.54, 1.807) is 18.2 Å². The summed E-state index contributed by atoms with van der Waals surface area (Å²) in [4.78, 5) is 38.2. The van der Waals surface area contributed by atoms with Crippen LogP contribution in [0.15, 0.2) is 52.2 Å². The van der Waals surface area contributed by atoms with Gasteiger partial charge in [0.15, 0.2) is 11.8 Å². The van der Waals surface area contributed by atoms with Crippen molar-refractivity contribution in [2.45, 2.75) is 62.4 Å². The first-order valence-electron chi connectivity index (χ1n) is 11.9. The van der Waals surface area contributed by atoms with Gasteiger partial charge in [0.25, 0.3) is 5.56 Å². The molecule has 4 rings (SSSR count). The molecule has 0 amide bonds. The second-order valence-corrected chi connectivity index (χ2v) is 10.7. The maximum atomic E-state index is 13.7. The molecule has 2 heterocycles. The standard InChI is InChI=1S/C24H28N3O10P/c1-3-24(32)20(29)18(36-22(24)27-13-12-19(28)25-23(27)31)14-34-38(33,37-17-8-5-4-6-9-17)26-15(2)21(30)35-16-10-7-11-16/h1,4-6,8-9,12-13,15-16,18,20,22,29,32H,7,10-11,14H2,2H3,(H,26,33)(H,25,28,31)/t15-,18+,20+,22+,24+,38?/m0/s1. The molecular formula is C24H28N3O10P. The summed E-state index contributed by atoms with van der Waals surface area (Å²) in [5.74, 6) is 1.53. The van der Waals surface area contributed by atoms with Crippen LogP contribution in [0.5, 0.6) is 5.75 Å². The number of nitrogens with zero attached hydrogens (tertiary/aromatic N) is 1. The van der Waals surface area contributed by atoms with Gasteiger partial charge in [-0.3, -0.25) is 23.7 Å². The Hall–Kier alpha value is -3.24. The fourth-order valence-corrected chi connectivity index (χ4v) is 5.38. The maximum Gasteiger partial charge on any atom is 0.459 e. The van der Waals surface area contributed by atoms with Crippen LogP contribution < -0.4 is 20.9 Å². The molecule has 0 bridgehead atoms. The number of carbonyl (C=O) groups is 1. The summed E-state index contributed by atoms with van der Waals surface area (Å²) in [5.41, 5.74) is -4.04. The average Bonchev–Trinajstić information content (AvgIpc) is 3.11. The van der Waals surface area contributed by atoms with Gasteiger partial charge in [0.2, 0.25) is 0 Å². The van der Waals surface area contributed by atoms with Crippen LogP contribution in [0.3, 0.4) is 0 Å². The summed E-state index contributed by atoms with van der Waals surface area (Å²) >= 11 is 0. The van der Waals surface area contributed by atoms with E-state index in [4.69, 9.17) is 24.9 Å². The zero-order valence-electron chi connectivity index (χ0n) is 20.4. The number of benzene rings is 1. The zero-order valence-corrected chi connectivity index (χ0v) is 21.3. The molecule has 1 aromatic heterocycles. The Bertz CT molecular complexity index is 1350. The van der Waals surface area contributed by atoms with Crippen LogP contribution in [0.2, 0.25) is 0 Å². The molecule has 0 spiro atoms. The molecular weight excluding hydrogens is 521 g/mol. The second-order valence-electron chi connectivity index (χ2n) is 9.00. The Balaban J connectivity index is 1.52. The Morgan fingerprint density at radius 3 is 2.66 bits per heavy atom. The third kappa shape index (κ3) is 5.91. The van der Waals surface area contributed by atoms with Gasteiger partial charge >= 0.3 is 19.4 Å². The molecule has 38 heavy (non-hydrogen) atoms. The van der Waals surface area contributed by atoms with Crippen LogP contribution in [0.1, 0.15) is 32.4 Å². The number of aromatic nitrogens is 2. The van der Waals surface area contributed by atoms with Gasteiger partial charge < -0.3 is 24.2 Å². The van der Waals surface area contributed by atoms with Crippen molar-refractivity contribution in [2.75, 3.05) is 6.61 Å². The molecule has 2 aromatic rings. The van der Waals surface area contributed by atoms with Gasteiger partial charge in [0.1, 0.15) is 30.1 Å². The Kier molecular flexibility index (Phi) is 8.22. The second kappa shape index (κ2) is 11.2. The summed E-state index contributed by atoms with van der Waals surface area (Å²) in [7, 11) is -4.31. The van der Waals surface area contributed by atoms with E-state index in [-0.39, 0.29) is 11.9 Å².